The zero-order valence-electron chi connectivity index (χ0n) is 28.3. The van der Waals surface area contributed by atoms with Crippen LogP contribution in [0.5, 0.6) is 0 Å². The van der Waals surface area contributed by atoms with Crippen LogP contribution in [0.25, 0.3) is 89.5 Å². The summed E-state index contributed by atoms with van der Waals surface area (Å²) >= 11 is 0. The molecule has 53 heavy (non-hydrogen) atoms. The molecule has 0 saturated carbocycles. The number of nitrogens with one attached hydrogen (secondary N) is 2. The molecule has 0 saturated heterocycles. The highest BCUT2D eigenvalue weighted by molar-refractivity contribution is 6.64. The predicted octanol–water partition coefficient (Wildman–Crippen LogP) is 11.5. The van der Waals surface area contributed by atoms with Crippen LogP contribution >= 0.6 is 0 Å². The fourth-order valence-electron chi connectivity index (χ4n) is 7.38. The molecule has 0 radical (unpaired) electrons. The Bertz CT molecular complexity index is 2960. The van der Waals surface area contributed by atoms with E-state index in [0.29, 0.717) is 28.3 Å². The molecule has 6 aromatic carbocycles. The number of benzene rings is 6. The van der Waals surface area contributed by atoms with Crippen molar-refractivity contribution in [2.75, 3.05) is 0 Å². The fourth-order valence-corrected chi connectivity index (χ4v) is 7.38. The van der Waals surface area contributed by atoms with Gasteiger partial charge in [0.1, 0.15) is 11.2 Å². The molecule has 6 nitrogen and oxygen atoms in total. The van der Waals surface area contributed by atoms with Crippen LogP contribution in [0.1, 0.15) is 16.8 Å². The maximum atomic E-state index is 9.39. The number of fused-ring (bicyclic) bond motifs is 6. The Balaban J connectivity index is 1.14. The first-order valence-corrected chi connectivity index (χ1v) is 17.4. The molecule has 9 aromatic rings. The summed E-state index contributed by atoms with van der Waals surface area (Å²) in [5.74, 6) is 0.542. The molecule has 1 aliphatic carbocycles. The lowest BCUT2D eigenvalue weighted by Gasteiger charge is -2.23. The molecule has 0 amide bonds. The summed E-state index contributed by atoms with van der Waals surface area (Å²) in [5, 5.41) is 21.8. The molecule has 0 atom stereocenters. The minimum atomic E-state index is 0.103. The number of rotatable bonds is 5. The zero-order chi connectivity index (χ0) is 35.5. The third-order valence-corrected chi connectivity index (χ3v) is 9.97. The van der Waals surface area contributed by atoms with E-state index in [1.165, 1.54) is 0 Å². The third kappa shape index (κ3) is 5.07. The topological polar surface area (TPSA) is 99.5 Å². The van der Waals surface area contributed by atoms with Crippen molar-refractivity contribution < 1.29 is 4.42 Å². The number of hydrogen-bond acceptors (Lipinski definition) is 6. The maximum Gasteiger partial charge on any atom is 0.160 e. The van der Waals surface area contributed by atoms with E-state index in [1.807, 2.05) is 115 Å². The number of pyridine rings is 1. The lowest BCUT2D eigenvalue weighted by molar-refractivity contribution is 0.670. The van der Waals surface area contributed by atoms with Crippen LogP contribution in [-0.4, -0.2) is 26.4 Å². The van der Waals surface area contributed by atoms with E-state index in [-0.39, 0.29) is 11.4 Å². The van der Waals surface area contributed by atoms with E-state index < -0.39 is 0 Å². The second-order valence-electron chi connectivity index (χ2n) is 13.1. The van der Waals surface area contributed by atoms with Gasteiger partial charge in [0.15, 0.2) is 5.82 Å². The number of aromatic nitrogens is 3. The normalized spacial score (nSPS) is 12.7. The van der Waals surface area contributed by atoms with Gasteiger partial charge in [-0.3, -0.25) is 10.8 Å². The number of nitrogens with zero attached hydrogens (tertiary/aromatic N) is 3. The molecule has 1 aliphatic rings. The Morgan fingerprint density at radius 1 is 0.472 bits per heavy atom. The van der Waals surface area contributed by atoms with E-state index >= 15 is 0 Å². The van der Waals surface area contributed by atoms with Gasteiger partial charge in [0.05, 0.1) is 34.0 Å². The van der Waals surface area contributed by atoms with Crippen molar-refractivity contribution >= 4 is 55.9 Å². The summed E-state index contributed by atoms with van der Waals surface area (Å²) in [5.41, 5.74) is 11.6. The summed E-state index contributed by atoms with van der Waals surface area (Å²) in [6, 6.07) is 52.4. The second-order valence-corrected chi connectivity index (χ2v) is 13.1. The molecular formula is C47H29N5O. The first-order chi connectivity index (χ1) is 26.1. The molecule has 10 rings (SSSR count). The second kappa shape index (κ2) is 12.2. The first-order valence-electron chi connectivity index (χ1n) is 17.4. The van der Waals surface area contributed by atoms with Crippen molar-refractivity contribution in [3.05, 3.63) is 175 Å². The van der Waals surface area contributed by atoms with Crippen LogP contribution in [-0.2, 0) is 0 Å². The van der Waals surface area contributed by atoms with Gasteiger partial charge >= 0.3 is 0 Å². The van der Waals surface area contributed by atoms with Gasteiger partial charge in [-0.15, -0.1) is 0 Å². The van der Waals surface area contributed by atoms with Crippen LogP contribution in [0.4, 0.5) is 0 Å². The van der Waals surface area contributed by atoms with Gasteiger partial charge in [-0.25, -0.2) is 15.0 Å². The molecule has 2 N–H and O–H groups in total. The van der Waals surface area contributed by atoms with Gasteiger partial charge < -0.3 is 4.42 Å². The molecule has 0 fully saturated rings. The van der Waals surface area contributed by atoms with E-state index in [0.717, 1.165) is 71.9 Å². The van der Waals surface area contributed by atoms with Crippen LogP contribution in [0.15, 0.2) is 162 Å². The van der Waals surface area contributed by atoms with Gasteiger partial charge in [-0.2, -0.15) is 0 Å². The lowest BCUT2D eigenvalue weighted by Crippen LogP contribution is -2.22. The van der Waals surface area contributed by atoms with Crippen molar-refractivity contribution in [2.24, 2.45) is 0 Å². The van der Waals surface area contributed by atoms with Crippen LogP contribution in [0.3, 0.4) is 0 Å². The highest BCUT2D eigenvalue weighted by atomic mass is 16.3. The highest BCUT2D eigenvalue weighted by Crippen LogP contribution is 2.39. The van der Waals surface area contributed by atoms with Crippen molar-refractivity contribution in [2.45, 2.75) is 0 Å². The lowest BCUT2D eigenvalue weighted by atomic mass is 9.83. The van der Waals surface area contributed by atoms with Gasteiger partial charge in [-0.05, 0) is 29.8 Å². The zero-order valence-corrected chi connectivity index (χ0v) is 28.3. The quantitative estimate of drug-likeness (QED) is 0.189. The smallest absolute Gasteiger partial charge is 0.160 e. The minimum Gasteiger partial charge on any atom is -0.455 e. The Hall–Kier alpha value is -7.31. The van der Waals surface area contributed by atoms with Crippen LogP contribution < -0.4 is 0 Å². The molecule has 6 heteroatoms. The number of para-hydroxylation sites is 3. The standard InChI is InChI=1S/C47H29N5O/c48-43-36(26-37-42(44(43)49)35-17-7-9-20-38(35)50-45(37)30-12-3-1-4-13-30)40-27-39(51-47(52-40)31-14-5-2-6-15-31)29-24-22-28(23-25-29)32-18-11-19-34-33-16-8-10-21-41(33)53-46(32)34/h1-27,48-49H. The maximum absolute atomic E-state index is 9.39. The van der Waals surface area contributed by atoms with Crippen LogP contribution in [0.2, 0.25) is 0 Å². The Morgan fingerprint density at radius 3 is 1.91 bits per heavy atom. The molecule has 248 valence electrons. The summed E-state index contributed by atoms with van der Waals surface area (Å²) in [6.07, 6.45) is 1.98. The van der Waals surface area contributed by atoms with Gasteiger partial charge in [-0.1, -0.05) is 140 Å². The summed E-state index contributed by atoms with van der Waals surface area (Å²) in [6.45, 7) is 0. The first kappa shape index (κ1) is 30.5. The molecule has 0 bridgehead atoms. The Morgan fingerprint density at radius 2 is 1.11 bits per heavy atom. The molecule has 0 unspecified atom stereocenters. The fraction of sp³-hybridized carbons (Fsp3) is 0. The van der Waals surface area contributed by atoms with E-state index in [9.17, 15) is 10.8 Å². The Kier molecular flexibility index (Phi) is 7.01. The largest absolute Gasteiger partial charge is 0.455 e. The van der Waals surface area contributed by atoms with Crippen LogP contribution in [0, 0.1) is 10.8 Å². The highest BCUT2D eigenvalue weighted by Gasteiger charge is 2.29. The monoisotopic (exact) mass is 679 g/mol. The molecular weight excluding hydrogens is 651 g/mol. The number of hydrogen-bond donors (Lipinski definition) is 2. The SMILES string of the molecule is N=C1C(=N)c2c(c(-c3ccccc3)nc3ccccc23)C=C1c1cc(-c2ccc(-c3cccc4c3oc3ccccc34)cc2)nc(-c2ccccc2)n1. The van der Waals surface area contributed by atoms with Crippen molar-refractivity contribution in [3.63, 3.8) is 0 Å². The Labute approximate surface area is 304 Å². The summed E-state index contributed by atoms with van der Waals surface area (Å²) in [4.78, 5) is 15.2. The van der Waals surface area contributed by atoms with Gasteiger partial charge in [0.25, 0.3) is 0 Å². The third-order valence-electron chi connectivity index (χ3n) is 9.97. The molecule has 3 heterocycles. The summed E-state index contributed by atoms with van der Waals surface area (Å²) < 4.78 is 6.34. The van der Waals surface area contributed by atoms with Gasteiger partial charge in [0, 0.05) is 55.1 Å². The molecule has 0 aliphatic heterocycles. The van der Waals surface area contributed by atoms with E-state index in [1.54, 1.807) is 0 Å². The average molecular weight is 680 g/mol. The molecule has 0 spiro atoms. The van der Waals surface area contributed by atoms with E-state index in [4.69, 9.17) is 19.4 Å². The van der Waals surface area contributed by atoms with Gasteiger partial charge in [0.2, 0.25) is 0 Å². The summed E-state index contributed by atoms with van der Waals surface area (Å²) in [7, 11) is 0. The predicted molar refractivity (Wildman–Crippen MR) is 215 cm³/mol. The minimum absolute atomic E-state index is 0.103. The van der Waals surface area contributed by atoms with Crippen molar-refractivity contribution in [1.82, 2.24) is 15.0 Å². The molecule has 3 aromatic heterocycles. The van der Waals surface area contributed by atoms with E-state index in [2.05, 4.69) is 48.5 Å². The van der Waals surface area contributed by atoms with Crippen molar-refractivity contribution in [1.29, 1.82) is 10.8 Å². The number of furan rings is 1. The number of allylic oxidation sites excluding steroid dienone is 1. The van der Waals surface area contributed by atoms with Crippen molar-refractivity contribution in [3.8, 4) is 45.0 Å². The average Bonchev–Trinajstić information content (AvgIpc) is 3.61.